The third kappa shape index (κ3) is 3.64. The Kier molecular flexibility index (Phi) is 4.68. The Balaban J connectivity index is 1.91. The molecule has 1 aliphatic heterocycles. The molecule has 1 heterocycles. The normalized spacial score (nSPS) is 17.0. The van der Waals surface area contributed by atoms with Gasteiger partial charge >= 0.3 is 0 Å². The molecule has 102 valence electrons. The van der Waals surface area contributed by atoms with E-state index in [0.29, 0.717) is 31.9 Å². The van der Waals surface area contributed by atoms with E-state index >= 15 is 0 Å². The Labute approximate surface area is 113 Å². The fraction of sp³-hybridized carbons (Fsp3) is 0.467. The SMILES string of the molecule is CC(CC(=O)N1CCOCC1)C(=O)c1ccccc1. The van der Waals surface area contributed by atoms with Gasteiger partial charge in [-0.1, -0.05) is 37.3 Å². The van der Waals surface area contributed by atoms with Crippen molar-refractivity contribution in [2.75, 3.05) is 26.3 Å². The van der Waals surface area contributed by atoms with E-state index < -0.39 is 0 Å². The fourth-order valence-corrected chi connectivity index (χ4v) is 2.18. The smallest absolute Gasteiger partial charge is 0.223 e. The van der Waals surface area contributed by atoms with E-state index in [2.05, 4.69) is 0 Å². The van der Waals surface area contributed by atoms with E-state index in [1.165, 1.54) is 0 Å². The summed E-state index contributed by atoms with van der Waals surface area (Å²) in [5, 5.41) is 0. The van der Waals surface area contributed by atoms with Crippen LogP contribution in [0.3, 0.4) is 0 Å². The fourth-order valence-electron chi connectivity index (χ4n) is 2.18. The number of amides is 1. The number of carbonyl (C=O) groups excluding carboxylic acids is 2. The highest BCUT2D eigenvalue weighted by Crippen LogP contribution is 2.14. The molecule has 1 amide bonds. The zero-order valence-corrected chi connectivity index (χ0v) is 11.2. The van der Waals surface area contributed by atoms with Gasteiger partial charge in [0, 0.05) is 31.0 Å². The van der Waals surface area contributed by atoms with Gasteiger partial charge in [0.05, 0.1) is 13.2 Å². The standard InChI is InChI=1S/C15H19NO3/c1-12(15(18)13-5-3-2-4-6-13)11-14(17)16-7-9-19-10-8-16/h2-6,12H,7-11H2,1H3. The van der Waals surface area contributed by atoms with Gasteiger partial charge in [-0.15, -0.1) is 0 Å². The van der Waals surface area contributed by atoms with Crippen LogP contribution in [0.5, 0.6) is 0 Å². The molecule has 2 rings (SSSR count). The maximum Gasteiger partial charge on any atom is 0.223 e. The summed E-state index contributed by atoms with van der Waals surface area (Å²) in [6, 6.07) is 9.13. The Morgan fingerprint density at radius 3 is 2.47 bits per heavy atom. The number of ether oxygens (including phenoxy) is 1. The monoisotopic (exact) mass is 261 g/mol. The zero-order valence-electron chi connectivity index (χ0n) is 11.2. The van der Waals surface area contributed by atoms with E-state index in [-0.39, 0.29) is 24.0 Å². The van der Waals surface area contributed by atoms with Gasteiger partial charge in [-0.25, -0.2) is 0 Å². The number of Topliss-reactive ketones (excluding diaryl/α,β-unsaturated/α-hetero) is 1. The maximum atomic E-state index is 12.2. The van der Waals surface area contributed by atoms with Crippen molar-refractivity contribution in [3.8, 4) is 0 Å². The number of morpholine rings is 1. The summed E-state index contributed by atoms with van der Waals surface area (Å²) in [6.07, 6.45) is 0.272. The quantitative estimate of drug-likeness (QED) is 0.776. The van der Waals surface area contributed by atoms with Crippen LogP contribution >= 0.6 is 0 Å². The molecule has 1 unspecified atom stereocenters. The van der Waals surface area contributed by atoms with Gasteiger partial charge in [0.1, 0.15) is 0 Å². The van der Waals surface area contributed by atoms with Crippen molar-refractivity contribution in [3.63, 3.8) is 0 Å². The third-order valence-electron chi connectivity index (χ3n) is 3.35. The van der Waals surface area contributed by atoms with Crippen LogP contribution in [-0.2, 0) is 9.53 Å². The lowest BCUT2D eigenvalue weighted by atomic mass is 9.96. The van der Waals surface area contributed by atoms with Crippen LogP contribution in [0.15, 0.2) is 30.3 Å². The molecule has 4 nitrogen and oxygen atoms in total. The van der Waals surface area contributed by atoms with Gasteiger partial charge in [0.15, 0.2) is 5.78 Å². The molecule has 1 aromatic rings. The summed E-state index contributed by atoms with van der Waals surface area (Å²) in [6.45, 7) is 4.25. The van der Waals surface area contributed by atoms with Crippen LogP contribution in [0.4, 0.5) is 0 Å². The van der Waals surface area contributed by atoms with Crippen molar-refractivity contribution < 1.29 is 14.3 Å². The highest BCUT2D eigenvalue weighted by Gasteiger charge is 2.23. The highest BCUT2D eigenvalue weighted by atomic mass is 16.5. The minimum absolute atomic E-state index is 0.0298. The maximum absolute atomic E-state index is 12.2. The number of rotatable bonds is 4. The topological polar surface area (TPSA) is 46.6 Å². The molecule has 0 radical (unpaired) electrons. The first-order chi connectivity index (χ1) is 9.18. The van der Waals surface area contributed by atoms with E-state index in [9.17, 15) is 9.59 Å². The van der Waals surface area contributed by atoms with Crippen LogP contribution in [0.25, 0.3) is 0 Å². The first-order valence-electron chi connectivity index (χ1n) is 6.63. The Morgan fingerprint density at radius 2 is 1.84 bits per heavy atom. The predicted octanol–water partition coefficient (Wildman–Crippen LogP) is 1.75. The summed E-state index contributed by atoms with van der Waals surface area (Å²) in [7, 11) is 0. The average Bonchev–Trinajstić information content (AvgIpc) is 2.48. The second kappa shape index (κ2) is 6.48. The predicted molar refractivity (Wildman–Crippen MR) is 72.0 cm³/mol. The van der Waals surface area contributed by atoms with Crippen molar-refractivity contribution in [1.29, 1.82) is 0 Å². The molecule has 0 bridgehead atoms. The number of ketones is 1. The molecule has 0 aliphatic carbocycles. The van der Waals surface area contributed by atoms with Crippen LogP contribution in [-0.4, -0.2) is 42.9 Å². The van der Waals surface area contributed by atoms with Gasteiger partial charge in [-0.2, -0.15) is 0 Å². The summed E-state index contributed by atoms with van der Waals surface area (Å²) in [5.41, 5.74) is 0.671. The summed E-state index contributed by atoms with van der Waals surface area (Å²) < 4.78 is 5.21. The van der Waals surface area contributed by atoms with Crippen LogP contribution < -0.4 is 0 Å². The molecule has 0 N–H and O–H groups in total. The van der Waals surface area contributed by atoms with E-state index in [1.807, 2.05) is 25.1 Å². The van der Waals surface area contributed by atoms with Crippen molar-refractivity contribution in [1.82, 2.24) is 4.90 Å². The molecule has 19 heavy (non-hydrogen) atoms. The minimum atomic E-state index is -0.280. The number of benzene rings is 1. The summed E-state index contributed by atoms with van der Waals surface area (Å²) in [5.74, 6) is -0.208. The van der Waals surface area contributed by atoms with E-state index in [1.54, 1.807) is 17.0 Å². The average molecular weight is 261 g/mol. The zero-order chi connectivity index (χ0) is 13.7. The molecule has 1 fully saturated rings. The van der Waals surface area contributed by atoms with Crippen molar-refractivity contribution >= 4 is 11.7 Å². The molecule has 0 spiro atoms. The molecule has 1 aromatic carbocycles. The van der Waals surface area contributed by atoms with E-state index in [0.717, 1.165) is 0 Å². The van der Waals surface area contributed by atoms with Crippen LogP contribution in [0.2, 0.25) is 0 Å². The van der Waals surface area contributed by atoms with E-state index in [4.69, 9.17) is 4.74 Å². The molecular weight excluding hydrogens is 242 g/mol. The van der Waals surface area contributed by atoms with Crippen LogP contribution in [0, 0.1) is 5.92 Å². The van der Waals surface area contributed by atoms with Gasteiger partial charge in [-0.05, 0) is 0 Å². The number of nitrogens with zero attached hydrogens (tertiary/aromatic N) is 1. The van der Waals surface area contributed by atoms with Crippen molar-refractivity contribution in [2.45, 2.75) is 13.3 Å². The lowest BCUT2D eigenvalue weighted by Gasteiger charge is -2.27. The van der Waals surface area contributed by atoms with Crippen molar-refractivity contribution in [3.05, 3.63) is 35.9 Å². The molecule has 1 saturated heterocycles. The van der Waals surface area contributed by atoms with Gasteiger partial charge in [0.2, 0.25) is 5.91 Å². The molecule has 1 aliphatic rings. The largest absolute Gasteiger partial charge is 0.378 e. The number of hydrogen-bond acceptors (Lipinski definition) is 3. The lowest BCUT2D eigenvalue weighted by molar-refractivity contribution is -0.135. The number of carbonyl (C=O) groups is 2. The minimum Gasteiger partial charge on any atom is -0.378 e. The third-order valence-corrected chi connectivity index (χ3v) is 3.35. The summed E-state index contributed by atoms with van der Waals surface area (Å²) in [4.78, 5) is 26.0. The van der Waals surface area contributed by atoms with Crippen molar-refractivity contribution in [2.24, 2.45) is 5.92 Å². The first-order valence-corrected chi connectivity index (χ1v) is 6.63. The molecule has 1 atom stereocenters. The molecular formula is C15H19NO3. The summed E-state index contributed by atoms with van der Waals surface area (Å²) >= 11 is 0. The van der Waals surface area contributed by atoms with Gasteiger partial charge < -0.3 is 9.64 Å². The molecule has 0 aromatic heterocycles. The van der Waals surface area contributed by atoms with Gasteiger partial charge in [0.25, 0.3) is 0 Å². The van der Waals surface area contributed by atoms with Crippen LogP contribution in [0.1, 0.15) is 23.7 Å². The van der Waals surface area contributed by atoms with Gasteiger partial charge in [-0.3, -0.25) is 9.59 Å². The second-order valence-corrected chi connectivity index (χ2v) is 4.83. The Bertz CT molecular complexity index is 438. The Morgan fingerprint density at radius 1 is 1.21 bits per heavy atom. The second-order valence-electron chi connectivity index (χ2n) is 4.83. The number of hydrogen-bond donors (Lipinski definition) is 0. The molecule has 0 saturated carbocycles. The molecule has 4 heteroatoms. The Hall–Kier alpha value is -1.68. The first kappa shape index (κ1) is 13.7. The lowest BCUT2D eigenvalue weighted by Crippen LogP contribution is -2.41. The highest BCUT2D eigenvalue weighted by molar-refractivity contribution is 5.99.